The number of aliphatic carboxylic acids is 1. The maximum absolute atomic E-state index is 12.5. The number of hydrogen-bond donors (Lipinski definition) is 1. The number of likely N-dealkylation sites (tertiary alicyclic amines) is 1. The number of benzene rings is 1. The zero-order chi connectivity index (χ0) is 18.7. The fraction of sp³-hybridized carbons (Fsp3) is 0.550. The second-order valence-electron chi connectivity index (χ2n) is 7.21. The molecule has 2 aliphatic rings. The molecule has 3 rings (SSSR count). The van der Waals surface area contributed by atoms with Gasteiger partial charge in [0.1, 0.15) is 5.75 Å². The van der Waals surface area contributed by atoms with Gasteiger partial charge in [-0.15, -0.1) is 0 Å². The normalized spacial score (nSPS) is 24.3. The molecule has 0 radical (unpaired) electrons. The van der Waals surface area contributed by atoms with E-state index in [9.17, 15) is 19.5 Å². The maximum atomic E-state index is 12.5. The van der Waals surface area contributed by atoms with Crippen molar-refractivity contribution in [2.24, 2.45) is 11.3 Å². The molecule has 2 atom stereocenters. The Hall–Kier alpha value is -2.37. The summed E-state index contributed by atoms with van der Waals surface area (Å²) in [4.78, 5) is 38.1. The molecule has 1 aliphatic heterocycles. The number of nitrogens with zero attached hydrogens (tertiary/aromatic N) is 1. The van der Waals surface area contributed by atoms with Crippen molar-refractivity contribution in [3.8, 4) is 5.75 Å². The fourth-order valence-electron chi connectivity index (χ4n) is 4.26. The summed E-state index contributed by atoms with van der Waals surface area (Å²) >= 11 is 0. The lowest BCUT2D eigenvalue weighted by atomic mass is 9.81. The predicted octanol–water partition coefficient (Wildman–Crippen LogP) is 2.76. The Morgan fingerprint density at radius 1 is 1.23 bits per heavy atom. The highest BCUT2D eigenvalue weighted by Gasteiger charge is 2.55. The van der Waals surface area contributed by atoms with Crippen LogP contribution in [0.4, 0.5) is 0 Å². The highest BCUT2D eigenvalue weighted by molar-refractivity contribution is 5.98. The smallest absolute Gasteiger partial charge is 0.311 e. The van der Waals surface area contributed by atoms with Gasteiger partial charge in [-0.25, -0.2) is 0 Å². The number of carbonyl (C=O) groups excluding carboxylic acids is 2. The van der Waals surface area contributed by atoms with Gasteiger partial charge in [0.05, 0.1) is 12.0 Å². The monoisotopic (exact) mass is 359 g/mol. The van der Waals surface area contributed by atoms with E-state index in [0.29, 0.717) is 30.9 Å². The number of carboxylic acids is 1. The molecule has 6 nitrogen and oxygen atoms in total. The third-order valence-electron chi connectivity index (χ3n) is 5.70. The van der Waals surface area contributed by atoms with E-state index in [0.717, 1.165) is 12.8 Å². The average Bonchev–Trinajstić information content (AvgIpc) is 3.19. The summed E-state index contributed by atoms with van der Waals surface area (Å²) in [6.45, 7) is 3.24. The van der Waals surface area contributed by atoms with Crippen LogP contribution in [0.15, 0.2) is 24.3 Å². The van der Waals surface area contributed by atoms with Crippen LogP contribution >= 0.6 is 0 Å². The van der Waals surface area contributed by atoms with Crippen LogP contribution in [0.3, 0.4) is 0 Å². The van der Waals surface area contributed by atoms with Gasteiger partial charge in [0, 0.05) is 31.5 Å². The highest BCUT2D eigenvalue weighted by atomic mass is 16.5. The lowest BCUT2D eigenvalue weighted by Gasteiger charge is -2.23. The first-order valence-corrected chi connectivity index (χ1v) is 9.23. The summed E-state index contributed by atoms with van der Waals surface area (Å²) in [5.74, 6) is -0.248. The first-order valence-electron chi connectivity index (χ1n) is 9.23. The van der Waals surface area contributed by atoms with Gasteiger partial charge in [0.15, 0.2) is 5.78 Å². The zero-order valence-corrected chi connectivity index (χ0v) is 15.1. The van der Waals surface area contributed by atoms with E-state index in [1.54, 1.807) is 29.2 Å². The van der Waals surface area contributed by atoms with E-state index in [1.807, 2.05) is 6.92 Å². The Morgan fingerprint density at radius 2 is 1.96 bits per heavy atom. The molecule has 140 valence electrons. The number of ketones is 1. The number of amides is 1. The lowest BCUT2D eigenvalue weighted by Crippen LogP contribution is -2.37. The molecular formula is C20H25NO5. The molecule has 0 spiro atoms. The quantitative estimate of drug-likeness (QED) is 0.757. The van der Waals surface area contributed by atoms with Crippen LogP contribution in [0.1, 0.15) is 49.4 Å². The van der Waals surface area contributed by atoms with E-state index in [-0.39, 0.29) is 37.0 Å². The fourth-order valence-corrected chi connectivity index (χ4v) is 4.26. The number of ether oxygens (including phenoxy) is 1. The summed E-state index contributed by atoms with van der Waals surface area (Å²) in [6.07, 6.45) is 2.67. The van der Waals surface area contributed by atoms with Crippen molar-refractivity contribution in [1.82, 2.24) is 4.90 Å². The Labute approximate surface area is 153 Å². The number of fused-ring (bicyclic) bond motifs is 1. The van der Waals surface area contributed by atoms with Crippen molar-refractivity contribution >= 4 is 17.7 Å². The summed E-state index contributed by atoms with van der Waals surface area (Å²) < 4.78 is 5.35. The average molecular weight is 359 g/mol. The first-order chi connectivity index (χ1) is 12.5. The summed E-state index contributed by atoms with van der Waals surface area (Å²) in [7, 11) is 0. The largest absolute Gasteiger partial charge is 0.494 e. The van der Waals surface area contributed by atoms with Crippen LogP contribution in [-0.4, -0.2) is 47.4 Å². The molecule has 1 aliphatic carbocycles. The standard InChI is InChI=1S/C20H25NO5/c1-2-26-16-7-5-14(6-8-16)17(22)9-10-18(23)21-12-15-4-3-11-20(15,13-21)19(24)25/h5-8,15H,2-4,9-13H2,1H3,(H,24,25)/t15-,20+/m0/s1. The number of carbonyl (C=O) groups is 3. The predicted molar refractivity (Wildman–Crippen MR) is 95.2 cm³/mol. The third kappa shape index (κ3) is 3.45. The molecule has 0 aromatic heterocycles. The number of Topliss-reactive ketones (excluding diaryl/α,β-unsaturated/α-hetero) is 1. The van der Waals surface area contributed by atoms with E-state index in [1.165, 1.54) is 0 Å². The topological polar surface area (TPSA) is 83.9 Å². The van der Waals surface area contributed by atoms with Crippen LogP contribution in [0.5, 0.6) is 5.75 Å². The summed E-state index contributed by atoms with van der Waals surface area (Å²) in [5, 5.41) is 9.60. The molecule has 2 fully saturated rings. The number of hydrogen-bond acceptors (Lipinski definition) is 4. The molecule has 1 heterocycles. The van der Waals surface area contributed by atoms with Gasteiger partial charge in [-0.2, -0.15) is 0 Å². The first kappa shape index (κ1) is 18.4. The second-order valence-corrected chi connectivity index (χ2v) is 7.21. The summed E-state index contributed by atoms with van der Waals surface area (Å²) in [5.41, 5.74) is -0.212. The molecule has 1 aromatic rings. The van der Waals surface area contributed by atoms with Gasteiger partial charge in [0.2, 0.25) is 5.91 Å². The van der Waals surface area contributed by atoms with Crippen molar-refractivity contribution in [2.45, 2.75) is 39.0 Å². The van der Waals surface area contributed by atoms with Gasteiger partial charge in [-0.1, -0.05) is 6.42 Å². The van der Waals surface area contributed by atoms with E-state index in [2.05, 4.69) is 0 Å². The van der Waals surface area contributed by atoms with Gasteiger partial charge in [0.25, 0.3) is 0 Å². The molecular weight excluding hydrogens is 334 g/mol. The molecule has 1 saturated carbocycles. The third-order valence-corrected chi connectivity index (χ3v) is 5.70. The van der Waals surface area contributed by atoms with Gasteiger partial charge < -0.3 is 14.7 Å². The summed E-state index contributed by atoms with van der Waals surface area (Å²) in [6, 6.07) is 6.91. The highest BCUT2D eigenvalue weighted by Crippen LogP contribution is 2.49. The van der Waals surface area contributed by atoms with Gasteiger partial charge in [-0.05, 0) is 49.9 Å². The molecule has 6 heteroatoms. The van der Waals surface area contributed by atoms with E-state index in [4.69, 9.17) is 4.74 Å². The lowest BCUT2D eigenvalue weighted by molar-refractivity contribution is -0.149. The van der Waals surface area contributed by atoms with Crippen molar-refractivity contribution < 1.29 is 24.2 Å². The number of rotatable bonds is 7. The van der Waals surface area contributed by atoms with E-state index >= 15 is 0 Å². The minimum Gasteiger partial charge on any atom is -0.494 e. The SMILES string of the molecule is CCOc1ccc(C(=O)CCC(=O)N2C[C@@H]3CCC[C@@]3(C(=O)O)C2)cc1. The van der Waals surface area contributed by atoms with Gasteiger partial charge >= 0.3 is 5.97 Å². The molecule has 0 bridgehead atoms. The number of carboxylic acid groups (broad SMARTS) is 1. The Morgan fingerprint density at radius 3 is 2.58 bits per heavy atom. The van der Waals surface area contributed by atoms with Crippen molar-refractivity contribution in [3.05, 3.63) is 29.8 Å². The molecule has 1 amide bonds. The Kier molecular flexibility index (Phi) is 5.30. The van der Waals surface area contributed by atoms with Crippen LogP contribution in [0.25, 0.3) is 0 Å². The molecule has 1 aromatic carbocycles. The maximum Gasteiger partial charge on any atom is 0.311 e. The second kappa shape index (κ2) is 7.48. The van der Waals surface area contributed by atoms with Crippen LogP contribution in [0, 0.1) is 11.3 Å². The van der Waals surface area contributed by atoms with Crippen molar-refractivity contribution in [2.75, 3.05) is 19.7 Å². The Balaban J connectivity index is 1.54. The van der Waals surface area contributed by atoms with Crippen LogP contribution in [-0.2, 0) is 9.59 Å². The van der Waals surface area contributed by atoms with Crippen molar-refractivity contribution in [3.63, 3.8) is 0 Å². The van der Waals surface area contributed by atoms with Crippen molar-refractivity contribution in [1.29, 1.82) is 0 Å². The molecule has 1 N–H and O–H groups in total. The van der Waals surface area contributed by atoms with E-state index < -0.39 is 11.4 Å². The Bertz CT molecular complexity index is 699. The minimum atomic E-state index is -0.791. The minimum absolute atomic E-state index is 0.0470. The molecule has 1 saturated heterocycles. The van der Waals surface area contributed by atoms with Gasteiger partial charge in [-0.3, -0.25) is 14.4 Å². The van der Waals surface area contributed by atoms with Crippen LogP contribution < -0.4 is 4.74 Å². The molecule has 26 heavy (non-hydrogen) atoms. The van der Waals surface area contributed by atoms with Crippen LogP contribution in [0.2, 0.25) is 0 Å². The zero-order valence-electron chi connectivity index (χ0n) is 15.1. The molecule has 0 unspecified atom stereocenters.